The highest BCUT2D eigenvalue weighted by Gasteiger charge is 2.24. The summed E-state index contributed by atoms with van der Waals surface area (Å²) in [5, 5.41) is 1.08. The molecule has 0 bridgehead atoms. The lowest BCUT2D eigenvalue weighted by atomic mass is 9.78. The molecule has 2 aromatic rings. The molecule has 1 aliphatic carbocycles. The predicted octanol–water partition coefficient (Wildman–Crippen LogP) is 4.14. The molecule has 1 fully saturated rings. The molecule has 0 atom stereocenters. The maximum Gasteiger partial charge on any atom is 0.162 e. The maximum atomic E-state index is 5.43. The lowest BCUT2D eigenvalue weighted by Gasteiger charge is -2.28. The van der Waals surface area contributed by atoms with E-state index >= 15 is 0 Å². The van der Waals surface area contributed by atoms with Gasteiger partial charge in [0.15, 0.2) is 11.5 Å². The third kappa shape index (κ3) is 2.74. The van der Waals surface area contributed by atoms with Gasteiger partial charge in [0.25, 0.3) is 0 Å². The van der Waals surface area contributed by atoms with Gasteiger partial charge in [-0.3, -0.25) is 0 Å². The molecule has 4 nitrogen and oxygen atoms in total. The maximum absolute atomic E-state index is 5.43. The van der Waals surface area contributed by atoms with Crippen molar-refractivity contribution in [3.63, 3.8) is 0 Å². The van der Waals surface area contributed by atoms with Gasteiger partial charge >= 0.3 is 0 Å². The second-order valence-corrected chi connectivity index (χ2v) is 5.99. The summed E-state index contributed by atoms with van der Waals surface area (Å²) in [6.07, 6.45) is 7.56. The number of rotatable bonds is 4. The molecule has 1 aromatic heterocycles. The summed E-state index contributed by atoms with van der Waals surface area (Å²) in [5.41, 5.74) is 2.07. The Morgan fingerprint density at radius 1 is 1.05 bits per heavy atom. The van der Waals surface area contributed by atoms with Crippen molar-refractivity contribution in [2.75, 3.05) is 14.2 Å². The molecule has 22 heavy (non-hydrogen) atoms. The molecule has 0 saturated heterocycles. The van der Waals surface area contributed by atoms with Crippen molar-refractivity contribution in [2.45, 2.75) is 38.0 Å². The van der Waals surface area contributed by atoms with Crippen molar-refractivity contribution in [1.29, 1.82) is 0 Å². The molecular weight excluding hydrogens is 276 g/mol. The average Bonchev–Trinajstić information content (AvgIpc) is 2.60. The molecule has 3 rings (SSSR count). The monoisotopic (exact) mass is 299 g/mol. The molecule has 1 radical (unpaired) electrons. The fourth-order valence-corrected chi connectivity index (χ4v) is 3.45. The van der Waals surface area contributed by atoms with Gasteiger partial charge in [-0.15, -0.1) is 0 Å². The van der Waals surface area contributed by atoms with E-state index in [1.54, 1.807) is 20.5 Å². The fraction of sp³-hybridized carbons (Fsp3) is 0.500. The second kappa shape index (κ2) is 6.51. The van der Waals surface area contributed by atoms with Crippen LogP contribution in [-0.4, -0.2) is 24.2 Å². The number of methoxy groups -OCH3 is 2. The Balaban J connectivity index is 1.99. The largest absolute Gasteiger partial charge is 0.493 e. The van der Waals surface area contributed by atoms with E-state index < -0.39 is 0 Å². The Morgan fingerprint density at radius 3 is 2.36 bits per heavy atom. The number of aromatic nitrogens is 2. The molecule has 0 unspecified atom stereocenters. The Kier molecular flexibility index (Phi) is 4.46. The molecule has 1 aliphatic rings. The topological polar surface area (TPSA) is 44.2 Å². The molecule has 4 heteroatoms. The first-order chi connectivity index (χ1) is 10.8. The minimum atomic E-state index is 0.506. The quantitative estimate of drug-likeness (QED) is 0.851. The molecule has 0 spiro atoms. The van der Waals surface area contributed by atoms with Crippen LogP contribution >= 0.6 is 0 Å². The lowest BCUT2D eigenvalue weighted by molar-refractivity contribution is 0.325. The van der Waals surface area contributed by atoms with Crippen LogP contribution in [0.5, 0.6) is 11.5 Å². The molecule has 0 N–H and O–H groups in total. The van der Waals surface area contributed by atoms with Crippen LogP contribution in [0.4, 0.5) is 0 Å². The van der Waals surface area contributed by atoms with Gasteiger partial charge in [0, 0.05) is 17.4 Å². The molecule has 1 saturated carbocycles. The van der Waals surface area contributed by atoms with Crippen LogP contribution in [0.3, 0.4) is 0 Å². The van der Waals surface area contributed by atoms with Crippen molar-refractivity contribution in [3.8, 4) is 11.5 Å². The first-order valence-electron chi connectivity index (χ1n) is 7.92. The zero-order chi connectivity index (χ0) is 15.5. The third-order valence-electron chi connectivity index (χ3n) is 4.81. The Morgan fingerprint density at radius 2 is 1.73 bits per heavy atom. The summed E-state index contributed by atoms with van der Waals surface area (Å²) in [7, 11) is 3.30. The molecule has 117 valence electrons. The van der Waals surface area contributed by atoms with Gasteiger partial charge in [-0.2, -0.15) is 0 Å². The highest BCUT2D eigenvalue weighted by atomic mass is 16.5. The zero-order valence-electron chi connectivity index (χ0n) is 13.3. The highest BCUT2D eigenvalue weighted by Crippen LogP contribution is 2.40. The summed E-state index contributed by atoms with van der Waals surface area (Å²) >= 11 is 0. The van der Waals surface area contributed by atoms with Gasteiger partial charge in [0.05, 0.1) is 25.4 Å². The van der Waals surface area contributed by atoms with Crippen molar-refractivity contribution in [2.24, 2.45) is 5.92 Å². The van der Waals surface area contributed by atoms with Crippen molar-refractivity contribution in [3.05, 3.63) is 31.1 Å². The van der Waals surface area contributed by atoms with Gasteiger partial charge in [-0.05, 0) is 37.7 Å². The average molecular weight is 299 g/mol. The summed E-state index contributed by atoms with van der Waals surface area (Å²) in [6, 6.07) is 3.94. The second-order valence-electron chi connectivity index (χ2n) is 5.99. The van der Waals surface area contributed by atoms with Gasteiger partial charge in [0.2, 0.25) is 0 Å². The Bertz CT molecular complexity index is 649. The summed E-state index contributed by atoms with van der Waals surface area (Å²) < 4.78 is 10.8. The van der Waals surface area contributed by atoms with Gasteiger partial charge in [0.1, 0.15) is 6.33 Å². The van der Waals surface area contributed by atoms with Crippen molar-refractivity contribution < 1.29 is 9.47 Å². The van der Waals surface area contributed by atoms with Crippen LogP contribution in [0, 0.1) is 12.8 Å². The molecule has 1 aromatic carbocycles. The van der Waals surface area contributed by atoms with Crippen LogP contribution in [0.2, 0.25) is 0 Å². The first-order valence-corrected chi connectivity index (χ1v) is 7.92. The minimum absolute atomic E-state index is 0.506. The zero-order valence-corrected chi connectivity index (χ0v) is 13.3. The van der Waals surface area contributed by atoms with E-state index in [9.17, 15) is 0 Å². The molecule has 0 amide bonds. The number of nitrogens with zero attached hydrogens (tertiary/aromatic N) is 2. The van der Waals surface area contributed by atoms with E-state index in [0.717, 1.165) is 34.7 Å². The van der Waals surface area contributed by atoms with Crippen LogP contribution < -0.4 is 9.47 Å². The molecule has 1 heterocycles. The Labute approximate surface area is 131 Å². The van der Waals surface area contributed by atoms with Crippen LogP contribution in [0.1, 0.15) is 43.7 Å². The Hall–Kier alpha value is -1.84. The fourth-order valence-electron chi connectivity index (χ4n) is 3.45. The van der Waals surface area contributed by atoms with Crippen LogP contribution in [0.15, 0.2) is 18.5 Å². The third-order valence-corrected chi connectivity index (χ3v) is 4.81. The smallest absolute Gasteiger partial charge is 0.162 e. The van der Waals surface area contributed by atoms with E-state index in [1.165, 1.54) is 25.7 Å². The number of hydrogen-bond acceptors (Lipinski definition) is 4. The van der Waals surface area contributed by atoms with Gasteiger partial charge in [-0.1, -0.05) is 13.3 Å². The van der Waals surface area contributed by atoms with E-state index in [0.29, 0.717) is 11.7 Å². The number of benzene rings is 1. The van der Waals surface area contributed by atoms with Crippen molar-refractivity contribution in [1.82, 2.24) is 9.97 Å². The van der Waals surface area contributed by atoms with E-state index in [2.05, 4.69) is 16.9 Å². The lowest BCUT2D eigenvalue weighted by Crippen LogP contribution is -2.14. The molecular formula is C18H23N2O2. The molecule has 0 aliphatic heterocycles. The standard InChI is InChI=1S/C18H23N2O2/c1-4-12-5-7-13(8-6-12)18-14-9-16(21-2)17(22-3)10-15(14)19-11-20-18/h9-13H,1,4-8H2,2-3H3. The predicted molar refractivity (Wildman–Crippen MR) is 87.3 cm³/mol. The van der Waals surface area contributed by atoms with Gasteiger partial charge < -0.3 is 9.47 Å². The number of hydrogen-bond donors (Lipinski definition) is 0. The normalized spacial score (nSPS) is 21.8. The summed E-state index contributed by atoms with van der Waals surface area (Å²) in [4.78, 5) is 8.98. The van der Waals surface area contributed by atoms with Gasteiger partial charge in [-0.25, -0.2) is 9.97 Å². The number of fused-ring (bicyclic) bond motifs is 1. The van der Waals surface area contributed by atoms with Crippen LogP contribution in [0.25, 0.3) is 10.9 Å². The SMILES string of the molecule is [CH2]CC1CCC(c2ncnc3cc(OC)c(OC)cc23)CC1. The van der Waals surface area contributed by atoms with Crippen molar-refractivity contribution >= 4 is 10.9 Å². The highest BCUT2D eigenvalue weighted by molar-refractivity contribution is 5.85. The summed E-state index contributed by atoms with van der Waals surface area (Å²) in [6.45, 7) is 4.04. The first kappa shape index (κ1) is 15.1. The minimum Gasteiger partial charge on any atom is -0.493 e. The van der Waals surface area contributed by atoms with E-state index in [1.807, 2.05) is 12.1 Å². The van der Waals surface area contributed by atoms with Crippen LogP contribution in [-0.2, 0) is 0 Å². The van der Waals surface area contributed by atoms with E-state index in [4.69, 9.17) is 9.47 Å². The summed E-state index contributed by atoms with van der Waals surface area (Å²) in [5.74, 6) is 2.73. The number of ether oxygens (including phenoxy) is 2. The van der Waals surface area contributed by atoms with E-state index in [-0.39, 0.29) is 0 Å².